The van der Waals surface area contributed by atoms with E-state index in [-0.39, 0.29) is 6.61 Å². The van der Waals surface area contributed by atoms with Gasteiger partial charge in [-0.15, -0.1) is 0 Å². The van der Waals surface area contributed by atoms with Crippen LogP contribution in [0, 0.1) is 0 Å². The first kappa shape index (κ1) is 13.9. The van der Waals surface area contributed by atoms with Gasteiger partial charge in [0.25, 0.3) is 10.2 Å². The highest BCUT2D eigenvalue weighted by Crippen LogP contribution is 2.09. The molecule has 1 rings (SSSR count). The van der Waals surface area contributed by atoms with E-state index in [9.17, 15) is 8.42 Å². The normalized spacial score (nSPS) is 21.2. The first-order valence-electron chi connectivity index (χ1n) is 5.49. The lowest BCUT2D eigenvalue weighted by Crippen LogP contribution is -2.42. The van der Waals surface area contributed by atoms with Crippen LogP contribution in [-0.4, -0.2) is 80.5 Å². The number of nitrogens with zero attached hydrogens (tertiary/aromatic N) is 3. The summed E-state index contributed by atoms with van der Waals surface area (Å²) in [5.41, 5.74) is 0. The third-order valence-corrected chi connectivity index (χ3v) is 4.69. The zero-order valence-corrected chi connectivity index (χ0v) is 10.8. The molecule has 0 radical (unpaired) electrons. The van der Waals surface area contributed by atoms with Crippen molar-refractivity contribution in [1.82, 2.24) is 13.5 Å². The highest BCUT2D eigenvalue weighted by atomic mass is 32.2. The van der Waals surface area contributed by atoms with Gasteiger partial charge >= 0.3 is 0 Å². The lowest BCUT2D eigenvalue weighted by Gasteiger charge is -2.24. The average Bonchev–Trinajstić information content (AvgIpc) is 2.44. The van der Waals surface area contributed by atoms with Crippen LogP contribution in [0.15, 0.2) is 0 Å². The fraction of sp³-hybridized carbons (Fsp3) is 1.00. The molecule has 0 bridgehead atoms. The van der Waals surface area contributed by atoms with Gasteiger partial charge in [0, 0.05) is 40.3 Å². The first-order valence-corrected chi connectivity index (χ1v) is 6.89. The fourth-order valence-corrected chi connectivity index (χ4v) is 2.91. The number of rotatable bonds is 4. The molecule has 1 N–H and O–H groups in total. The van der Waals surface area contributed by atoms with E-state index in [1.54, 1.807) is 14.1 Å². The lowest BCUT2D eigenvalue weighted by molar-refractivity contribution is 0.202. The second-order valence-corrected chi connectivity index (χ2v) is 6.25. The predicted molar refractivity (Wildman–Crippen MR) is 62.3 cm³/mol. The molecule has 0 spiro atoms. The van der Waals surface area contributed by atoms with Crippen molar-refractivity contribution in [3.05, 3.63) is 0 Å². The summed E-state index contributed by atoms with van der Waals surface area (Å²) >= 11 is 0. The number of aliphatic hydroxyl groups is 1. The lowest BCUT2D eigenvalue weighted by atomic mass is 10.4. The summed E-state index contributed by atoms with van der Waals surface area (Å²) in [6.45, 7) is 3.34. The van der Waals surface area contributed by atoms with Crippen molar-refractivity contribution in [2.75, 3.05) is 53.4 Å². The molecule has 1 aliphatic heterocycles. The summed E-state index contributed by atoms with van der Waals surface area (Å²) < 4.78 is 26.5. The van der Waals surface area contributed by atoms with Crippen LogP contribution in [0.25, 0.3) is 0 Å². The van der Waals surface area contributed by atoms with Crippen LogP contribution in [0.1, 0.15) is 6.42 Å². The number of hydrogen-bond acceptors (Lipinski definition) is 4. The fourth-order valence-electron chi connectivity index (χ4n) is 1.77. The molecule has 7 heteroatoms. The molecule has 1 saturated heterocycles. The first-order chi connectivity index (χ1) is 7.48. The molecule has 0 aromatic rings. The van der Waals surface area contributed by atoms with E-state index in [4.69, 9.17) is 5.11 Å². The summed E-state index contributed by atoms with van der Waals surface area (Å²) in [4.78, 5) is 2.09. The molecule has 0 aromatic carbocycles. The summed E-state index contributed by atoms with van der Waals surface area (Å²) in [6, 6.07) is 0. The Bertz CT molecular complexity index is 305. The van der Waals surface area contributed by atoms with Gasteiger partial charge in [0.1, 0.15) is 0 Å². The van der Waals surface area contributed by atoms with Gasteiger partial charge in [-0.1, -0.05) is 0 Å². The SMILES string of the molecule is CN(C)S(=O)(=O)N1CCCN(CCO)CC1. The maximum atomic E-state index is 11.9. The minimum atomic E-state index is -3.28. The van der Waals surface area contributed by atoms with Gasteiger partial charge in [0.2, 0.25) is 0 Å². The molecule has 16 heavy (non-hydrogen) atoms. The average molecular weight is 251 g/mol. The van der Waals surface area contributed by atoms with Crippen molar-refractivity contribution in [2.24, 2.45) is 0 Å². The van der Waals surface area contributed by atoms with E-state index < -0.39 is 10.2 Å². The van der Waals surface area contributed by atoms with Crippen molar-refractivity contribution in [3.8, 4) is 0 Å². The van der Waals surface area contributed by atoms with Crippen molar-refractivity contribution in [2.45, 2.75) is 6.42 Å². The molecule has 0 amide bonds. The molecular weight excluding hydrogens is 230 g/mol. The van der Waals surface area contributed by atoms with Crippen LogP contribution in [0.3, 0.4) is 0 Å². The van der Waals surface area contributed by atoms with Gasteiger partial charge in [0.05, 0.1) is 6.61 Å². The summed E-state index contributed by atoms with van der Waals surface area (Å²) in [5.74, 6) is 0. The second kappa shape index (κ2) is 5.92. The molecule has 6 nitrogen and oxygen atoms in total. The van der Waals surface area contributed by atoms with Gasteiger partial charge < -0.3 is 5.11 Å². The van der Waals surface area contributed by atoms with E-state index in [1.807, 2.05) is 0 Å². The molecule has 1 aliphatic rings. The molecule has 0 aromatic heterocycles. The molecular formula is C9H21N3O3S. The smallest absolute Gasteiger partial charge is 0.281 e. The van der Waals surface area contributed by atoms with Crippen LogP contribution in [-0.2, 0) is 10.2 Å². The number of hydrogen-bond donors (Lipinski definition) is 1. The highest BCUT2D eigenvalue weighted by molar-refractivity contribution is 7.86. The Morgan fingerprint density at radius 3 is 2.44 bits per heavy atom. The molecule has 0 atom stereocenters. The molecule has 0 aliphatic carbocycles. The Labute approximate surface area is 97.6 Å². The Balaban J connectivity index is 2.60. The van der Waals surface area contributed by atoms with Crippen molar-refractivity contribution >= 4 is 10.2 Å². The quantitative estimate of drug-likeness (QED) is 0.681. The minimum absolute atomic E-state index is 0.125. The maximum absolute atomic E-state index is 11.9. The third-order valence-electron chi connectivity index (χ3n) is 2.75. The maximum Gasteiger partial charge on any atom is 0.281 e. The standard InChI is InChI=1S/C9H21N3O3S/c1-10(2)16(14,15)12-5-3-4-11(6-7-12)8-9-13/h13H,3-9H2,1-2H3. The largest absolute Gasteiger partial charge is 0.395 e. The summed E-state index contributed by atoms with van der Waals surface area (Å²) in [7, 11) is -0.189. The molecule has 0 saturated carbocycles. The minimum Gasteiger partial charge on any atom is -0.395 e. The molecule has 96 valence electrons. The van der Waals surface area contributed by atoms with Crippen LogP contribution in [0.5, 0.6) is 0 Å². The number of β-amino-alcohol motifs (C(OH)–C–C–N with tert-alkyl or cyclic N) is 1. The monoisotopic (exact) mass is 251 g/mol. The van der Waals surface area contributed by atoms with Gasteiger partial charge in [-0.2, -0.15) is 17.0 Å². The van der Waals surface area contributed by atoms with E-state index >= 15 is 0 Å². The second-order valence-electron chi connectivity index (χ2n) is 4.11. The van der Waals surface area contributed by atoms with Crippen molar-refractivity contribution in [1.29, 1.82) is 0 Å². The van der Waals surface area contributed by atoms with Crippen LogP contribution >= 0.6 is 0 Å². The highest BCUT2D eigenvalue weighted by Gasteiger charge is 2.26. The van der Waals surface area contributed by atoms with Gasteiger partial charge in [0.15, 0.2) is 0 Å². The Kier molecular flexibility index (Phi) is 5.13. The van der Waals surface area contributed by atoms with Gasteiger partial charge in [-0.3, -0.25) is 4.90 Å². The molecule has 0 unspecified atom stereocenters. The zero-order valence-electron chi connectivity index (χ0n) is 9.96. The summed E-state index contributed by atoms with van der Waals surface area (Å²) in [6.07, 6.45) is 0.813. The van der Waals surface area contributed by atoms with Gasteiger partial charge in [-0.25, -0.2) is 0 Å². The Hall–Kier alpha value is -0.210. The molecule has 1 heterocycles. The predicted octanol–water partition coefficient (Wildman–Crippen LogP) is -1.21. The third kappa shape index (κ3) is 3.39. The van der Waals surface area contributed by atoms with Crippen LogP contribution in [0.2, 0.25) is 0 Å². The van der Waals surface area contributed by atoms with Crippen LogP contribution < -0.4 is 0 Å². The molecule has 1 fully saturated rings. The van der Waals surface area contributed by atoms with Crippen LogP contribution in [0.4, 0.5) is 0 Å². The van der Waals surface area contributed by atoms with E-state index in [1.165, 1.54) is 8.61 Å². The Morgan fingerprint density at radius 1 is 1.19 bits per heavy atom. The zero-order chi connectivity index (χ0) is 12.2. The number of aliphatic hydroxyl groups excluding tert-OH is 1. The van der Waals surface area contributed by atoms with Gasteiger partial charge in [-0.05, 0) is 13.0 Å². The van der Waals surface area contributed by atoms with Crippen molar-refractivity contribution in [3.63, 3.8) is 0 Å². The van der Waals surface area contributed by atoms with Crippen molar-refractivity contribution < 1.29 is 13.5 Å². The Morgan fingerprint density at radius 2 is 1.88 bits per heavy atom. The van der Waals surface area contributed by atoms with E-state index in [0.29, 0.717) is 26.2 Å². The van der Waals surface area contributed by atoms with E-state index in [0.717, 1.165) is 13.0 Å². The summed E-state index contributed by atoms with van der Waals surface area (Å²) in [5, 5.41) is 8.84. The topological polar surface area (TPSA) is 64.1 Å². The van der Waals surface area contributed by atoms with E-state index in [2.05, 4.69) is 4.90 Å².